The van der Waals surface area contributed by atoms with Crippen molar-refractivity contribution in [3.8, 4) is 0 Å². The molecule has 4 heteroatoms. The number of carboxylic acid groups (broad SMARTS) is 1. The van der Waals surface area contributed by atoms with Gasteiger partial charge in [-0.05, 0) is 6.42 Å². The van der Waals surface area contributed by atoms with Crippen molar-refractivity contribution in [2.24, 2.45) is 0 Å². The van der Waals surface area contributed by atoms with Crippen LogP contribution >= 0.6 is 0 Å². The molecular weight excluding hydrogens is 158 g/mol. The van der Waals surface area contributed by atoms with E-state index in [0.29, 0.717) is 6.54 Å². The maximum absolute atomic E-state index is 10.0. The van der Waals surface area contributed by atoms with Gasteiger partial charge >= 0.3 is 5.97 Å². The molecule has 0 spiro atoms. The SMILES string of the molecule is CCC(CO)NC/C=C/C(=O)O. The summed E-state index contributed by atoms with van der Waals surface area (Å²) in [7, 11) is 0. The molecule has 0 heterocycles. The van der Waals surface area contributed by atoms with Crippen molar-refractivity contribution in [2.75, 3.05) is 13.2 Å². The van der Waals surface area contributed by atoms with Crippen LogP contribution in [0.25, 0.3) is 0 Å². The predicted molar refractivity (Wildman–Crippen MR) is 45.9 cm³/mol. The van der Waals surface area contributed by atoms with Crippen LogP contribution in [0.1, 0.15) is 13.3 Å². The zero-order valence-electron chi connectivity index (χ0n) is 7.16. The van der Waals surface area contributed by atoms with Crippen LogP contribution in [0.5, 0.6) is 0 Å². The van der Waals surface area contributed by atoms with Gasteiger partial charge in [0.15, 0.2) is 0 Å². The summed E-state index contributed by atoms with van der Waals surface area (Å²) in [5.41, 5.74) is 0. The van der Waals surface area contributed by atoms with Crippen LogP contribution in [0.15, 0.2) is 12.2 Å². The van der Waals surface area contributed by atoms with Crippen LogP contribution in [0, 0.1) is 0 Å². The van der Waals surface area contributed by atoms with Gasteiger partial charge in [0.25, 0.3) is 0 Å². The molecule has 0 saturated carbocycles. The Bertz CT molecular complexity index is 152. The van der Waals surface area contributed by atoms with E-state index in [2.05, 4.69) is 5.32 Å². The summed E-state index contributed by atoms with van der Waals surface area (Å²) < 4.78 is 0. The zero-order valence-corrected chi connectivity index (χ0v) is 7.16. The van der Waals surface area contributed by atoms with E-state index in [1.807, 2.05) is 6.92 Å². The van der Waals surface area contributed by atoms with Crippen molar-refractivity contribution in [3.05, 3.63) is 12.2 Å². The highest BCUT2D eigenvalue weighted by atomic mass is 16.4. The second kappa shape index (κ2) is 6.82. The summed E-state index contributed by atoms with van der Waals surface area (Å²) in [5.74, 6) is -0.950. The summed E-state index contributed by atoms with van der Waals surface area (Å²) in [4.78, 5) is 10.0. The topological polar surface area (TPSA) is 69.6 Å². The number of hydrogen-bond acceptors (Lipinski definition) is 3. The largest absolute Gasteiger partial charge is 0.478 e. The summed E-state index contributed by atoms with van der Waals surface area (Å²) in [6.45, 7) is 2.51. The Hall–Kier alpha value is -0.870. The monoisotopic (exact) mass is 173 g/mol. The van der Waals surface area contributed by atoms with Crippen molar-refractivity contribution in [2.45, 2.75) is 19.4 Å². The highest BCUT2D eigenvalue weighted by Crippen LogP contribution is 1.87. The van der Waals surface area contributed by atoms with E-state index in [9.17, 15) is 4.79 Å². The molecule has 0 aliphatic heterocycles. The quantitative estimate of drug-likeness (QED) is 0.494. The molecule has 0 aromatic heterocycles. The minimum absolute atomic E-state index is 0.0587. The van der Waals surface area contributed by atoms with Gasteiger partial charge in [-0.15, -0.1) is 0 Å². The molecule has 0 fully saturated rings. The van der Waals surface area contributed by atoms with Crippen molar-refractivity contribution in [1.82, 2.24) is 5.32 Å². The first-order valence-corrected chi connectivity index (χ1v) is 3.94. The fraction of sp³-hybridized carbons (Fsp3) is 0.625. The summed E-state index contributed by atoms with van der Waals surface area (Å²) >= 11 is 0. The standard InChI is InChI=1S/C8H15NO3/c1-2-7(6-10)9-5-3-4-8(11)12/h3-4,7,9-10H,2,5-6H2,1H3,(H,11,12)/b4-3+. The van der Waals surface area contributed by atoms with Crippen LogP contribution in [0.4, 0.5) is 0 Å². The Morgan fingerprint density at radius 1 is 1.67 bits per heavy atom. The first kappa shape index (κ1) is 11.1. The molecule has 1 atom stereocenters. The molecule has 3 N–H and O–H groups in total. The molecule has 0 saturated heterocycles. The minimum Gasteiger partial charge on any atom is -0.478 e. The Morgan fingerprint density at radius 3 is 2.75 bits per heavy atom. The number of aliphatic carboxylic acids is 1. The van der Waals surface area contributed by atoms with Crippen LogP contribution in [-0.2, 0) is 4.79 Å². The van der Waals surface area contributed by atoms with Gasteiger partial charge in [0, 0.05) is 18.7 Å². The van der Waals surface area contributed by atoms with Gasteiger partial charge in [0.2, 0.25) is 0 Å². The smallest absolute Gasteiger partial charge is 0.328 e. The van der Waals surface area contributed by atoms with Gasteiger partial charge in [-0.1, -0.05) is 13.0 Å². The maximum Gasteiger partial charge on any atom is 0.328 e. The third kappa shape index (κ3) is 5.88. The van der Waals surface area contributed by atoms with Crippen molar-refractivity contribution in [1.29, 1.82) is 0 Å². The second-order valence-electron chi connectivity index (χ2n) is 2.44. The molecule has 0 rings (SSSR count). The van der Waals surface area contributed by atoms with Gasteiger partial charge in [0.1, 0.15) is 0 Å². The fourth-order valence-corrected chi connectivity index (χ4v) is 0.732. The van der Waals surface area contributed by atoms with Crippen LogP contribution in [0.2, 0.25) is 0 Å². The van der Waals surface area contributed by atoms with Gasteiger partial charge in [-0.25, -0.2) is 4.79 Å². The lowest BCUT2D eigenvalue weighted by atomic mass is 10.2. The fourth-order valence-electron chi connectivity index (χ4n) is 0.732. The molecule has 0 amide bonds. The Balaban J connectivity index is 3.47. The number of hydrogen-bond donors (Lipinski definition) is 3. The Labute approximate surface area is 71.9 Å². The highest BCUT2D eigenvalue weighted by molar-refractivity contribution is 5.79. The lowest BCUT2D eigenvalue weighted by Crippen LogP contribution is -2.31. The van der Waals surface area contributed by atoms with E-state index in [-0.39, 0.29) is 12.6 Å². The van der Waals surface area contributed by atoms with Gasteiger partial charge in [0.05, 0.1) is 6.61 Å². The van der Waals surface area contributed by atoms with Crippen molar-refractivity contribution >= 4 is 5.97 Å². The average molecular weight is 173 g/mol. The van der Waals surface area contributed by atoms with Gasteiger partial charge in [-0.3, -0.25) is 0 Å². The molecule has 0 aliphatic carbocycles. The number of nitrogens with one attached hydrogen (secondary N) is 1. The second-order valence-corrected chi connectivity index (χ2v) is 2.44. The molecule has 0 aromatic carbocycles. The van der Waals surface area contributed by atoms with E-state index >= 15 is 0 Å². The minimum atomic E-state index is -0.950. The van der Waals surface area contributed by atoms with E-state index in [1.54, 1.807) is 0 Å². The summed E-state index contributed by atoms with van der Waals surface area (Å²) in [6.07, 6.45) is 3.43. The van der Waals surface area contributed by atoms with E-state index in [0.717, 1.165) is 12.5 Å². The Morgan fingerprint density at radius 2 is 2.33 bits per heavy atom. The maximum atomic E-state index is 10.0. The van der Waals surface area contributed by atoms with E-state index in [4.69, 9.17) is 10.2 Å². The molecule has 0 aliphatic rings. The number of aliphatic hydroxyl groups excluding tert-OH is 1. The number of carbonyl (C=O) groups is 1. The third-order valence-corrected chi connectivity index (χ3v) is 1.50. The Kier molecular flexibility index (Phi) is 6.32. The molecule has 0 radical (unpaired) electrons. The summed E-state index contributed by atoms with van der Waals surface area (Å²) in [5, 5.41) is 19.9. The first-order valence-electron chi connectivity index (χ1n) is 3.94. The zero-order chi connectivity index (χ0) is 9.40. The summed E-state index contributed by atoms with van der Waals surface area (Å²) in [6, 6.07) is 0.0587. The normalized spacial score (nSPS) is 13.5. The molecular formula is C8H15NO3. The van der Waals surface area contributed by atoms with Crippen LogP contribution < -0.4 is 5.32 Å². The molecule has 4 nitrogen and oxygen atoms in total. The highest BCUT2D eigenvalue weighted by Gasteiger charge is 1.99. The lowest BCUT2D eigenvalue weighted by Gasteiger charge is -2.11. The predicted octanol–water partition coefficient (Wildman–Crippen LogP) is -0.0123. The van der Waals surface area contributed by atoms with Crippen molar-refractivity contribution < 1.29 is 15.0 Å². The third-order valence-electron chi connectivity index (χ3n) is 1.50. The molecule has 12 heavy (non-hydrogen) atoms. The van der Waals surface area contributed by atoms with Crippen molar-refractivity contribution in [3.63, 3.8) is 0 Å². The van der Waals surface area contributed by atoms with Crippen LogP contribution in [-0.4, -0.2) is 35.4 Å². The first-order chi connectivity index (χ1) is 5.70. The lowest BCUT2D eigenvalue weighted by molar-refractivity contribution is -0.131. The molecule has 0 bridgehead atoms. The molecule has 0 aromatic rings. The van der Waals surface area contributed by atoms with E-state index in [1.165, 1.54) is 6.08 Å². The number of aliphatic hydroxyl groups is 1. The van der Waals surface area contributed by atoms with Gasteiger partial charge < -0.3 is 15.5 Å². The van der Waals surface area contributed by atoms with Gasteiger partial charge in [-0.2, -0.15) is 0 Å². The van der Waals surface area contributed by atoms with Crippen LogP contribution in [0.3, 0.4) is 0 Å². The number of rotatable bonds is 6. The number of carboxylic acids is 1. The molecule has 70 valence electrons. The average Bonchev–Trinajstić information content (AvgIpc) is 2.04. The van der Waals surface area contributed by atoms with E-state index < -0.39 is 5.97 Å². The molecule has 1 unspecified atom stereocenters.